The Balaban J connectivity index is 1.48. The molecule has 0 spiro atoms. The molecule has 4 nitrogen and oxygen atoms in total. The van der Waals surface area contributed by atoms with E-state index in [-0.39, 0.29) is 12.7 Å². The van der Waals surface area contributed by atoms with Gasteiger partial charge in [-0.05, 0) is 61.7 Å². The summed E-state index contributed by atoms with van der Waals surface area (Å²) in [5.74, 6) is 1.51. The zero-order valence-corrected chi connectivity index (χ0v) is 14.4. The standard InChI is InChI=1S/C19H21NO3S/c21-19(14-6-9-17-18(12-14)23-13-22-17)20-10-2-1-4-15(20)7-8-16-5-3-11-24-16/h3,5-6,9,11-12,15H,1-2,4,7-8,10,13H2/t15-/m0/s1. The maximum Gasteiger partial charge on any atom is 0.254 e. The molecule has 1 aromatic heterocycles. The van der Waals surface area contributed by atoms with Crippen LogP contribution in [0.3, 0.4) is 0 Å². The van der Waals surface area contributed by atoms with Crippen molar-refractivity contribution in [1.82, 2.24) is 4.90 Å². The van der Waals surface area contributed by atoms with Gasteiger partial charge in [0.15, 0.2) is 11.5 Å². The summed E-state index contributed by atoms with van der Waals surface area (Å²) < 4.78 is 10.7. The minimum absolute atomic E-state index is 0.115. The molecule has 0 radical (unpaired) electrons. The zero-order chi connectivity index (χ0) is 16.4. The van der Waals surface area contributed by atoms with Crippen molar-refractivity contribution in [3.05, 3.63) is 46.2 Å². The topological polar surface area (TPSA) is 38.8 Å². The zero-order valence-electron chi connectivity index (χ0n) is 13.6. The highest BCUT2D eigenvalue weighted by Crippen LogP contribution is 2.33. The Morgan fingerprint density at radius 2 is 2.12 bits per heavy atom. The Morgan fingerprint density at radius 1 is 1.21 bits per heavy atom. The first-order valence-corrected chi connectivity index (χ1v) is 9.42. The molecule has 1 amide bonds. The summed E-state index contributed by atoms with van der Waals surface area (Å²) >= 11 is 1.80. The quantitative estimate of drug-likeness (QED) is 0.839. The van der Waals surface area contributed by atoms with Gasteiger partial charge in [-0.15, -0.1) is 11.3 Å². The molecule has 1 aromatic carbocycles. The van der Waals surface area contributed by atoms with Crippen LogP contribution in [0.15, 0.2) is 35.7 Å². The molecule has 1 fully saturated rings. The molecule has 0 saturated carbocycles. The van der Waals surface area contributed by atoms with Gasteiger partial charge in [0.05, 0.1) is 0 Å². The molecule has 0 unspecified atom stereocenters. The molecule has 2 aliphatic rings. The number of carbonyl (C=O) groups excluding carboxylic acids is 1. The number of likely N-dealkylation sites (tertiary alicyclic amines) is 1. The van der Waals surface area contributed by atoms with Crippen LogP contribution in [0, 0.1) is 0 Å². The maximum absolute atomic E-state index is 13.0. The Hall–Kier alpha value is -2.01. The molecular weight excluding hydrogens is 322 g/mol. The van der Waals surface area contributed by atoms with Crippen LogP contribution < -0.4 is 9.47 Å². The minimum Gasteiger partial charge on any atom is -0.454 e. The van der Waals surface area contributed by atoms with Crippen LogP contribution in [0.4, 0.5) is 0 Å². The number of ether oxygens (including phenoxy) is 2. The molecule has 2 aliphatic heterocycles. The first-order chi connectivity index (χ1) is 11.8. The van der Waals surface area contributed by atoms with Crippen LogP contribution >= 0.6 is 11.3 Å². The van der Waals surface area contributed by atoms with E-state index in [1.54, 1.807) is 11.3 Å². The summed E-state index contributed by atoms with van der Waals surface area (Å²) in [4.78, 5) is 16.5. The second kappa shape index (κ2) is 6.85. The maximum atomic E-state index is 13.0. The normalized spacial score (nSPS) is 19.5. The van der Waals surface area contributed by atoms with Crippen molar-refractivity contribution >= 4 is 17.2 Å². The molecule has 1 saturated heterocycles. The van der Waals surface area contributed by atoms with Crippen molar-refractivity contribution in [3.63, 3.8) is 0 Å². The highest BCUT2D eigenvalue weighted by molar-refractivity contribution is 7.09. The number of amides is 1. The van der Waals surface area contributed by atoms with Crippen LogP contribution in [0.25, 0.3) is 0 Å². The second-order valence-electron chi connectivity index (χ2n) is 6.33. The Bertz CT molecular complexity index is 713. The second-order valence-corrected chi connectivity index (χ2v) is 7.37. The van der Waals surface area contributed by atoms with Gasteiger partial charge in [0.1, 0.15) is 0 Å². The van der Waals surface area contributed by atoms with E-state index in [4.69, 9.17) is 9.47 Å². The summed E-state index contributed by atoms with van der Waals surface area (Å²) in [7, 11) is 0. The summed E-state index contributed by atoms with van der Waals surface area (Å²) in [5, 5.41) is 2.12. The van der Waals surface area contributed by atoms with Crippen molar-refractivity contribution in [3.8, 4) is 11.5 Å². The van der Waals surface area contributed by atoms with Gasteiger partial charge >= 0.3 is 0 Å². The summed E-state index contributed by atoms with van der Waals surface area (Å²) in [5.41, 5.74) is 0.697. The number of nitrogens with zero attached hydrogens (tertiary/aromatic N) is 1. The number of piperidine rings is 1. The average molecular weight is 343 g/mol. The van der Waals surface area contributed by atoms with Crippen LogP contribution in [0.5, 0.6) is 11.5 Å². The molecule has 0 aliphatic carbocycles. The van der Waals surface area contributed by atoms with Gasteiger partial charge in [-0.2, -0.15) is 0 Å². The van der Waals surface area contributed by atoms with Crippen LogP contribution in [-0.4, -0.2) is 30.2 Å². The molecule has 0 N–H and O–H groups in total. The lowest BCUT2D eigenvalue weighted by molar-refractivity contribution is 0.0602. The number of carbonyl (C=O) groups is 1. The van der Waals surface area contributed by atoms with Crippen molar-refractivity contribution in [2.75, 3.05) is 13.3 Å². The molecule has 4 rings (SSSR count). The largest absolute Gasteiger partial charge is 0.454 e. The number of hydrogen-bond donors (Lipinski definition) is 0. The summed E-state index contributed by atoms with van der Waals surface area (Å²) in [6.07, 6.45) is 5.48. The van der Waals surface area contributed by atoms with Crippen molar-refractivity contribution in [2.45, 2.75) is 38.1 Å². The fraction of sp³-hybridized carbons (Fsp3) is 0.421. The monoisotopic (exact) mass is 343 g/mol. The van der Waals surface area contributed by atoms with E-state index in [0.717, 1.165) is 38.0 Å². The van der Waals surface area contributed by atoms with Crippen molar-refractivity contribution < 1.29 is 14.3 Å². The third kappa shape index (κ3) is 3.13. The minimum atomic E-state index is 0.115. The first kappa shape index (κ1) is 15.5. The van der Waals surface area contributed by atoms with Gasteiger partial charge in [0, 0.05) is 23.0 Å². The summed E-state index contributed by atoms with van der Waals surface area (Å²) in [6.45, 7) is 1.09. The molecule has 1 atom stereocenters. The molecular formula is C19H21NO3S. The average Bonchev–Trinajstić information content (AvgIpc) is 3.30. The van der Waals surface area contributed by atoms with Gasteiger partial charge in [-0.1, -0.05) is 6.07 Å². The highest BCUT2D eigenvalue weighted by atomic mass is 32.1. The molecule has 3 heterocycles. The van der Waals surface area contributed by atoms with E-state index in [1.807, 2.05) is 18.2 Å². The third-order valence-corrected chi connectivity index (χ3v) is 5.75. The van der Waals surface area contributed by atoms with E-state index in [2.05, 4.69) is 22.4 Å². The van der Waals surface area contributed by atoms with E-state index in [0.29, 0.717) is 17.4 Å². The fourth-order valence-corrected chi connectivity index (χ4v) is 4.25. The molecule has 5 heteroatoms. The van der Waals surface area contributed by atoms with Gasteiger partial charge < -0.3 is 14.4 Å². The molecule has 24 heavy (non-hydrogen) atoms. The lowest BCUT2D eigenvalue weighted by atomic mass is 9.96. The lowest BCUT2D eigenvalue weighted by Crippen LogP contribution is -2.43. The fourth-order valence-electron chi connectivity index (χ4n) is 3.53. The highest BCUT2D eigenvalue weighted by Gasteiger charge is 2.28. The Morgan fingerprint density at radius 3 is 3.00 bits per heavy atom. The summed E-state index contributed by atoms with van der Waals surface area (Å²) in [6, 6.07) is 10.1. The van der Waals surface area contributed by atoms with Gasteiger partial charge in [-0.25, -0.2) is 0 Å². The van der Waals surface area contributed by atoms with E-state index < -0.39 is 0 Å². The van der Waals surface area contributed by atoms with E-state index in [1.165, 1.54) is 11.3 Å². The number of thiophene rings is 1. The number of benzene rings is 1. The van der Waals surface area contributed by atoms with E-state index in [9.17, 15) is 4.79 Å². The Kier molecular flexibility index (Phi) is 4.43. The van der Waals surface area contributed by atoms with Crippen molar-refractivity contribution in [2.24, 2.45) is 0 Å². The van der Waals surface area contributed by atoms with Gasteiger partial charge in [-0.3, -0.25) is 4.79 Å². The van der Waals surface area contributed by atoms with E-state index >= 15 is 0 Å². The Labute approximate surface area is 146 Å². The lowest BCUT2D eigenvalue weighted by Gasteiger charge is -2.36. The SMILES string of the molecule is O=C(c1ccc2c(c1)OCO2)N1CCCC[C@H]1CCc1cccs1. The van der Waals surface area contributed by atoms with Crippen LogP contribution in [0.2, 0.25) is 0 Å². The predicted molar refractivity (Wildman–Crippen MR) is 93.9 cm³/mol. The molecule has 126 valence electrons. The molecule has 2 aromatic rings. The van der Waals surface area contributed by atoms with Crippen LogP contribution in [-0.2, 0) is 6.42 Å². The number of hydrogen-bond acceptors (Lipinski definition) is 4. The van der Waals surface area contributed by atoms with Gasteiger partial charge in [0.25, 0.3) is 5.91 Å². The van der Waals surface area contributed by atoms with Crippen LogP contribution in [0.1, 0.15) is 40.9 Å². The van der Waals surface area contributed by atoms with Gasteiger partial charge in [0.2, 0.25) is 6.79 Å². The number of aryl methyl sites for hydroxylation is 1. The number of fused-ring (bicyclic) bond motifs is 1. The molecule has 0 bridgehead atoms. The first-order valence-electron chi connectivity index (χ1n) is 8.54. The third-order valence-electron chi connectivity index (χ3n) is 4.81. The smallest absolute Gasteiger partial charge is 0.254 e. The van der Waals surface area contributed by atoms with Crippen molar-refractivity contribution in [1.29, 1.82) is 0 Å². The predicted octanol–water partition coefficient (Wildman–Crippen LogP) is 4.10. The number of rotatable bonds is 4.